The molecule has 2 unspecified atom stereocenters. The first-order chi connectivity index (χ1) is 29.5. The highest BCUT2D eigenvalue weighted by atomic mass is 16.5. The van der Waals surface area contributed by atoms with Gasteiger partial charge < -0.3 is 20.3 Å². The van der Waals surface area contributed by atoms with Crippen molar-refractivity contribution < 1.29 is 24.5 Å². The highest BCUT2D eigenvalue weighted by Crippen LogP contribution is 2.15. The standard InChI is InChI=1S/C54H99NO5/c1-3-5-7-9-11-13-15-16-20-23-27-30-34-38-42-46-52(57)51(50-56)55-53(58)47-43-39-35-31-28-24-21-18-17-19-22-25-29-33-37-41-45-49-60-54(59)48-44-40-36-32-26-14-12-10-8-6-4-2/h10,12,17,19,25,29,42,46,51-52,56-57H,3-9,11,13-16,18,20-24,26-28,30-41,43-45,47-50H2,1-2H3,(H,55,58)/b12-10-,19-17-,29-25-,46-42+. The maximum atomic E-state index is 12.4. The van der Waals surface area contributed by atoms with Crippen molar-refractivity contribution in [3.05, 3.63) is 48.6 Å². The maximum absolute atomic E-state index is 12.4. The van der Waals surface area contributed by atoms with Gasteiger partial charge in [0.2, 0.25) is 5.91 Å². The van der Waals surface area contributed by atoms with Crippen molar-refractivity contribution in [2.45, 2.75) is 270 Å². The first kappa shape index (κ1) is 57.8. The number of hydrogen-bond donors (Lipinski definition) is 3. The van der Waals surface area contributed by atoms with E-state index in [4.69, 9.17) is 4.74 Å². The van der Waals surface area contributed by atoms with Crippen molar-refractivity contribution in [2.24, 2.45) is 0 Å². The summed E-state index contributed by atoms with van der Waals surface area (Å²) < 4.78 is 5.42. The fraction of sp³-hybridized carbons (Fsp3) is 0.815. The molecule has 0 aliphatic rings. The lowest BCUT2D eigenvalue weighted by molar-refractivity contribution is -0.143. The van der Waals surface area contributed by atoms with Gasteiger partial charge in [-0.1, -0.05) is 204 Å². The van der Waals surface area contributed by atoms with Crippen LogP contribution in [0.15, 0.2) is 48.6 Å². The van der Waals surface area contributed by atoms with Gasteiger partial charge in [-0.05, 0) is 89.9 Å². The molecule has 1 amide bonds. The molecule has 0 aliphatic heterocycles. The van der Waals surface area contributed by atoms with E-state index >= 15 is 0 Å². The van der Waals surface area contributed by atoms with Gasteiger partial charge in [0.15, 0.2) is 0 Å². The van der Waals surface area contributed by atoms with Crippen LogP contribution in [-0.2, 0) is 14.3 Å². The van der Waals surface area contributed by atoms with Crippen LogP contribution in [0.4, 0.5) is 0 Å². The first-order valence-corrected chi connectivity index (χ1v) is 25.9. The fourth-order valence-corrected chi connectivity index (χ4v) is 7.52. The molecule has 350 valence electrons. The van der Waals surface area contributed by atoms with Gasteiger partial charge in [-0.15, -0.1) is 0 Å². The normalized spacial score (nSPS) is 13.1. The quantitative estimate of drug-likeness (QED) is 0.0322. The van der Waals surface area contributed by atoms with Crippen LogP contribution in [0.2, 0.25) is 0 Å². The van der Waals surface area contributed by atoms with E-state index in [0.717, 1.165) is 83.5 Å². The van der Waals surface area contributed by atoms with Crippen LogP contribution in [0.25, 0.3) is 0 Å². The lowest BCUT2D eigenvalue weighted by Gasteiger charge is -2.20. The van der Waals surface area contributed by atoms with Gasteiger partial charge in [0.05, 0.1) is 25.4 Å². The Hall–Kier alpha value is -2.18. The lowest BCUT2D eigenvalue weighted by atomic mass is 10.0. The van der Waals surface area contributed by atoms with Crippen LogP contribution in [0.1, 0.15) is 258 Å². The van der Waals surface area contributed by atoms with Crippen LogP contribution < -0.4 is 5.32 Å². The minimum atomic E-state index is -0.855. The third-order valence-corrected chi connectivity index (χ3v) is 11.6. The van der Waals surface area contributed by atoms with E-state index < -0.39 is 12.1 Å². The number of nitrogens with one attached hydrogen (secondary N) is 1. The molecule has 0 saturated heterocycles. The number of ether oxygens (including phenoxy) is 1. The average Bonchev–Trinajstić information content (AvgIpc) is 3.25. The maximum Gasteiger partial charge on any atom is 0.305 e. The number of carbonyl (C=O) groups excluding carboxylic acids is 2. The monoisotopic (exact) mass is 842 g/mol. The summed E-state index contributed by atoms with van der Waals surface area (Å²) in [4.78, 5) is 24.4. The number of rotatable bonds is 47. The molecule has 0 aromatic rings. The Morgan fingerprint density at radius 1 is 0.467 bits per heavy atom. The average molecular weight is 842 g/mol. The van der Waals surface area contributed by atoms with Gasteiger partial charge in [0.1, 0.15) is 0 Å². The van der Waals surface area contributed by atoms with E-state index in [1.807, 2.05) is 6.08 Å². The minimum absolute atomic E-state index is 0.0284. The first-order valence-electron chi connectivity index (χ1n) is 25.9. The van der Waals surface area contributed by atoms with E-state index in [-0.39, 0.29) is 18.5 Å². The van der Waals surface area contributed by atoms with Gasteiger partial charge in [0.25, 0.3) is 0 Å². The molecule has 60 heavy (non-hydrogen) atoms. The molecule has 0 rings (SSSR count). The summed E-state index contributed by atoms with van der Waals surface area (Å²) in [6, 6.07) is -0.640. The Bertz CT molecular complexity index is 1020. The summed E-state index contributed by atoms with van der Waals surface area (Å²) in [5.74, 6) is -0.114. The summed E-state index contributed by atoms with van der Waals surface area (Å²) in [6.45, 7) is 4.81. The van der Waals surface area contributed by atoms with E-state index in [0.29, 0.717) is 19.4 Å². The molecule has 2 atom stereocenters. The Balaban J connectivity index is 3.56. The predicted octanol–water partition coefficient (Wildman–Crippen LogP) is 15.5. The number of unbranched alkanes of at least 4 members (excludes halogenated alkanes) is 30. The third kappa shape index (κ3) is 45.3. The molecule has 0 aliphatic carbocycles. The van der Waals surface area contributed by atoms with Gasteiger partial charge in [-0.25, -0.2) is 0 Å². The second-order valence-electron chi connectivity index (χ2n) is 17.5. The summed E-state index contributed by atoms with van der Waals surface area (Å²) >= 11 is 0. The number of amides is 1. The zero-order chi connectivity index (χ0) is 43.7. The lowest BCUT2D eigenvalue weighted by Crippen LogP contribution is -2.45. The van der Waals surface area contributed by atoms with Crippen molar-refractivity contribution in [2.75, 3.05) is 13.2 Å². The molecule has 0 fully saturated rings. The highest BCUT2D eigenvalue weighted by molar-refractivity contribution is 5.76. The van der Waals surface area contributed by atoms with Crippen LogP contribution >= 0.6 is 0 Å². The Kier molecular flexibility index (Phi) is 47.7. The number of carbonyl (C=O) groups is 2. The predicted molar refractivity (Wildman–Crippen MR) is 259 cm³/mol. The zero-order valence-corrected chi connectivity index (χ0v) is 39.7. The largest absolute Gasteiger partial charge is 0.466 e. The molecule has 0 radical (unpaired) electrons. The molecule has 0 spiro atoms. The Morgan fingerprint density at radius 2 is 0.850 bits per heavy atom. The van der Waals surface area contributed by atoms with Gasteiger partial charge in [0, 0.05) is 12.8 Å². The van der Waals surface area contributed by atoms with Crippen molar-refractivity contribution in [1.82, 2.24) is 5.32 Å². The SMILES string of the molecule is CCCC/C=C\CCCCCCCC(=O)OCCCCC/C=C\C/C=C\CCCCCCCCCC(=O)NC(CO)C(O)/C=C/CCCCCCCCCCCCCCC. The summed E-state index contributed by atoms with van der Waals surface area (Å²) in [5.41, 5.74) is 0. The second kappa shape index (κ2) is 49.5. The third-order valence-electron chi connectivity index (χ3n) is 11.6. The number of esters is 1. The number of hydrogen-bond acceptors (Lipinski definition) is 5. The van der Waals surface area contributed by atoms with Crippen molar-refractivity contribution in [1.29, 1.82) is 0 Å². The molecule has 3 N–H and O–H groups in total. The Morgan fingerprint density at radius 3 is 1.33 bits per heavy atom. The minimum Gasteiger partial charge on any atom is -0.466 e. The van der Waals surface area contributed by atoms with Gasteiger partial charge in [-0.3, -0.25) is 9.59 Å². The molecule has 0 aromatic carbocycles. The molecule has 0 aromatic heterocycles. The fourth-order valence-electron chi connectivity index (χ4n) is 7.52. The van der Waals surface area contributed by atoms with Crippen LogP contribution in [0.5, 0.6) is 0 Å². The molecular formula is C54H99NO5. The van der Waals surface area contributed by atoms with E-state index in [9.17, 15) is 19.8 Å². The molecule has 0 saturated carbocycles. The van der Waals surface area contributed by atoms with Gasteiger partial charge >= 0.3 is 5.97 Å². The van der Waals surface area contributed by atoms with E-state index in [2.05, 4.69) is 55.6 Å². The highest BCUT2D eigenvalue weighted by Gasteiger charge is 2.18. The molecular weight excluding hydrogens is 743 g/mol. The van der Waals surface area contributed by atoms with Crippen LogP contribution in [0, 0.1) is 0 Å². The molecule has 0 heterocycles. The topological polar surface area (TPSA) is 95.9 Å². The van der Waals surface area contributed by atoms with Crippen LogP contribution in [0.3, 0.4) is 0 Å². The van der Waals surface area contributed by atoms with E-state index in [1.54, 1.807) is 6.08 Å². The van der Waals surface area contributed by atoms with E-state index in [1.165, 1.54) is 148 Å². The van der Waals surface area contributed by atoms with Crippen LogP contribution in [-0.4, -0.2) is 47.4 Å². The number of aliphatic hydroxyl groups is 2. The molecule has 0 bridgehead atoms. The van der Waals surface area contributed by atoms with Crippen molar-refractivity contribution in [3.63, 3.8) is 0 Å². The second-order valence-corrected chi connectivity index (χ2v) is 17.5. The Labute approximate surface area is 372 Å². The van der Waals surface area contributed by atoms with Gasteiger partial charge in [-0.2, -0.15) is 0 Å². The summed E-state index contributed by atoms with van der Waals surface area (Å²) in [7, 11) is 0. The summed E-state index contributed by atoms with van der Waals surface area (Å²) in [6.07, 6.45) is 61.1. The summed E-state index contributed by atoms with van der Waals surface area (Å²) in [5, 5.41) is 23.0. The molecule has 6 nitrogen and oxygen atoms in total. The van der Waals surface area contributed by atoms with Crippen molar-refractivity contribution >= 4 is 11.9 Å². The number of aliphatic hydroxyl groups excluding tert-OH is 2. The van der Waals surface area contributed by atoms with Crippen molar-refractivity contribution in [3.8, 4) is 0 Å². The smallest absolute Gasteiger partial charge is 0.305 e. The molecule has 6 heteroatoms. The number of allylic oxidation sites excluding steroid dienone is 7. The zero-order valence-electron chi connectivity index (χ0n) is 39.7.